The molecule has 0 aliphatic heterocycles. The second-order valence-corrected chi connectivity index (χ2v) is 12.3. The number of aromatic nitrogens is 7. The number of pyridine rings is 3. The van der Waals surface area contributed by atoms with Gasteiger partial charge in [0.2, 0.25) is 5.91 Å². The van der Waals surface area contributed by atoms with E-state index in [-0.39, 0.29) is 11.5 Å². The molecule has 5 N–H and O–H groups in total. The average molecular weight is 600 g/mol. The van der Waals surface area contributed by atoms with Gasteiger partial charge in [0.1, 0.15) is 22.4 Å². The Morgan fingerprint density at radius 3 is 2.65 bits per heavy atom. The number of nitrogens with two attached hydrogens (primary N) is 1. The zero-order valence-electron chi connectivity index (χ0n) is 23.1. The number of benzene rings is 1. The molecule has 43 heavy (non-hydrogen) atoms. The molecule has 0 aliphatic carbocycles. The van der Waals surface area contributed by atoms with Gasteiger partial charge in [-0.1, -0.05) is 6.92 Å². The topological polar surface area (TPSA) is 185 Å². The standard InChI is InChI=1S/C29H26FN9O3S/c1-3-4-23(40)35-20-10-17(12-32-14-20)18-11-21-25(38-39-28(21)34-13-18)29-36-22-5-6-33-24(26(22)37-29)15-7-16(9-19(30)8-15)27(31)43(2,41)42/h5-14,27H,3-4,31H2,1-2H3,(H,35,40)(H,36,37)(H,34,38,39). The Kier molecular flexibility index (Phi) is 7.15. The smallest absolute Gasteiger partial charge is 0.224 e. The Hall–Kier alpha value is -5.08. The second kappa shape index (κ2) is 11.0. The monoisotopic (exact) mass is 599 g/mol. The van der Waals surface area contributed by atoms with Crippen molar-refractivity contribution in [1.82, 2.24) is 35.1 Å². The van der Waals surface area contributed by atoms with Crippen molar-refractivity contribution in [2.45, 2.75) is 25.1 Å². The van der Waals surface area contributed by atoms with Crippen molar-refractivity contribution in [3.8, 4) is 33.9 Å². The summed E-state index contributed by atoms with van der Waals surface area (Å²) in [6.07, 6.45) is 8.64. The summed E-state index contributed by atoms with van der Waals surface area (Å²) in [5, 5.41) is 9.50. The van der Waals surface area contributed by atoms with E-state index in [0.29, 0.717) is 57.0 Å². The fourth-order valence-electron chi connectivity index (χ4n) is 4.78. The van der Waals surface area contributed by atoms with Gasteiger partial charge in [-0.3, -0.25) is 19.9 Å². The maximum Gasteiger partial charge on any atom is 0.224 e. The Balaban J connectivity index is 1.40. The molecule has 1 aromatic carbocycles. The largest absolute Gasteiger partial charge is 0.336 e. The highest BCUT2D eigenvalue weighted by molar-refractivity contribution is 7.90. The summed E-state index contributed by atoms with van der Waals surface area (Å²) in [5.41, 5.74) is 10.8. The molecule has 0 spiro atoms. The predicted octanol–water partition coefficient (Wildman–Crippen LogP) is 4.50. The molecule has 5 heterocycles. The quantitative estimate of drug-likeness (QED) is 0.195. The molecule has 14 heteroatoms. The van der Waals surface area contributed by atoms with Crippen LogP contribution in [-0.4, -0.2) is 55.7 Å². The van der Waals surface area contributed by atoms with Crippen molar-refractivity contribution in [2.75, 3.05) is 11.6 Å². The van der Waals surface area contributed by atoms with Crippen LogP contribution in [0.4, 0.5) is 10.1 Å². The van der Waals surface area contributed by atoms with E-state index in [0.717, 1.165) is 29.9 Å². The molecule has 0 radical (unpaired) electrons. The summed E-state index contributed by atoms with van der Waals surface area (Å²) >= 11 is 0. The third-order valence-corrected chi connectivity index (χ3v) is 8.05. The van der Waals surface area contributed by atoms with E-state index in [1.54, 1.807) is 30.9 Å². The first-order valence-electron chi connectivity index (χ1n) is 13.3. The summed E-state index contributed by atoms with van der Waals surface area (Å²) in [5.74, 6) is -0.322. The molecule has 6 rings (SSSR count). The number of nitrogens with one attached hydrogen (secondary N) is 3. The Labute approximate surface area is 244 Å². The molecule has 0 aliphatic rings. The zero-order chi connectivity index (χ0) is 30.3. The third-order valence-electron chi connectivity index (χ3n) is 6.86. The Morgan fingerprint density at radius 2 is 1.86 bits per heavy atom. The fraction of sp³-hybridized carbons (Fsp3) is 0.172. The summed E-state index contributed by atoms with van der Waals surface area (Å²) < 4.78 is 38.7. The molecule has 6 aromatic rings. The van der Waals surface area contributed by atoms with Crippen LogP contribution in [0.2, 0.25) is 0 Å². The highest BCUT2D eigenvalue weighted by atomic mass is 32.2. The van der Waals surface area contributed by atoms with Gasteiger partial charge in [0, 0.05) is 48.0 Å². The van der Waals surface area contributed by atoms with Crippen LogP contribution in [0.25, 0.3) is 56.0 Å². The van der Waals surface area contributed by atoms with Crippen LogP contribution in [0.3, 0.4) is 0 Å². The van der Waals surface area contributed by atoms with Crippen LogP contribution < -0.4 is 11.1 Å². The fourth-order valence-corrected chi connectivity index (χ4v) is 5.41. The molecule has 1 unspecified atom stereocenters. The number of halogens is 1. The van der Waals surface area contributed by atoms with Crippen molar-refractivity contribution in [3.05, 3.63) is 72.6 Å². The van der Waals surface area contributed by atoms with E-state index in [4.69, 9.17) is 10.7 Å². The first-order chi connectivity index (χ1) is 20.6. The van der Waals surface area contributed by atoms with Gasteiger partial charge in [-0.25, -0.2) is 22.8 Å². The van der Waals surface area contributed by atoms with Crippen LogP contribution in [0, 0.1) is 5.82 Å². The van der Waals surface area contributed by atoms with E-state index in [1.165, 1.54) is 12.1 Å². The summed E-state index contributed by atoms with van der Waals surface area (Å²) in [7, 11) is -3.67. The number of hydrogen-bond donors (Lipinski definition) is 4. The number of imidazole rings is 1. The van der Waals surface area contributed by atoms with Crippen molar-refractivity contribution in [2.24, 2.45) is 5.73 Å². The molecule has 1 atom stereocenters. The number of aromatic amines is 2. The first-order valence-corrected chi connectivity index (χ1v) is 15.3. The summed E-state index contributed by atoms with van der Waals surface area (Å²) in [6.45, 7) is 1.94. The lowest BCUT2D eigenvalue weighted by Crippen LogP contribution is -2.20. The maximum absolute atomic E-state index is 14.6. The number of hydrogen-bond acceptors (Lipinski definition) is 9. The molecule has 1 amide bonds. The Morgan fingerprint density at radius 1 is 1.05 bits per heavy atom. The number of fused-ring (bicyclic) bond motifs is 2. The normalized spacial score (nSPS) is 12.6. The van der Waals surface area contributed by atoms with Gasteiger partial charge in [-0.2, -0.15) is 5.10 Å². The van der Waals surface area contributed by atoms with Crippen LogP contribution >= 0.6 is 0 Å². The molecule has 0 bridgehead atoms. The Bertz CT molecular complexity index is 2130. The lowest BCUT2D eigenvalue weighted by molar-refractivity contribution is -0.116. The number of rotatable bonds is 8. The molecule has 12 nitrogen and oxygen atoms in total. The first kappa shape index (κ1) is 28.1. The lowest BCUT2D eigenvalue weighted by Gasteiger charge is -2.12. The number of anilines is 1. The van der Waals surface area contributed by atoms with Crippen molar-refractivity contribution in [1.29, 1.82) is 0 Å². The van der Waals surface area contributed by atoms with Crippen LogP contribution in [0.15, 0.2) is 61.2 Å². The number of sulfone groups is 1. The van der Waals surface area contributed by atoms with E-state index in [1.807, 2.05) is 19.1 Å². The van der Waals surface area contributed by atoms with Gasteiger partial charge >= 0.3 is 0 Å². The number of amides is 1. The molecule has 0 saturated carbocycles. The lowest BCUT2D eigenvalue weighted by atomic mass is 10.1. The third kappa shape index (κ3) is 5.57. The minimum atomic E-state index is -3.67. The number of nitrogens with zero attached hydrogens (tertiary/aromatic N) is 5. The average Bonchev–Trinajstić information content (AvgIpc) is 3.60. The molecule has 218 valence electrons. The maximum atomic E-state index is 14.6. The highest BCUT2D eigenvalue weighted by Gasteiger charge is 2.22. The molecular formula is C29H26FN9O3S. The number of H-pyrrole nitrogens is 2. The minimum absolute atomic E-state index is 0.0846. The van der Waals surface area contributed by atoms with Crippen LogP contribution in [0.1, 0.15) is 30.7 Å². The van der Waals surface area contributed by atoms with Crippen molar-refractivity contribution in [3.63, 3.8) is 0 Å². The molecule has 0 saturated heterocycles. The number of carbonyl (C=O) groups is 1. The van der Waals surface area contributed by atoms with E-state index in [9.17, 15) is 17.6 Å². The van der Waals surface area contributed by atoms with Gasteiger partial charge in [0.25, 0.3) is 0 Å². The summed E-state index contributed by atoms with van der Waals surface area (Å²) in [6, 6.07) is 9.29. The van der Waals surface area contributed by atoms with Crippen LogP contribution in [-0.2, 0) is 14.6 Å². The van der Waals surface area contributed by atoms with Crippen LogP contribution in [0.5, 0.6) is 0 Å². The summed E-state index contributed by atoms with van der Waals surface area (Å²) in [4.78, 5) is 33.2. The van der Waals surface area contributed by atoms with E-state index in [2.05, 4.69) is 35.5 Å². The van der Waals surface area contributed by atoms with E-state index < -0.39 is 21.0 Å². The van der Waals surface area contributed by atoms with Gasteiger partial charge < -0.3 is 16.0 Å². The van der Waals surface area contributed by atoms with Gasteiger partial charge in [0.05, 0.1) is 28.5 Å². The van der Waals surface area contributed by atoms with Gasteiger partial charge in [0.15, 0.2) is 21.3 Å². The zero-order valence-corrected chi connectivity index (χ0v) is 23.9. The SMILES string of the molecule is CCCC(=O)Nc1cncc(-c2cnc3[nH]nc(-c4nc5c(-c6cc(F)cc(C(N)S(C)(=O)=O)c6)nccc5[nH]4)c3c2)c1. The molecule has 5 aromatic heterocycles. The van der Waals surface area contributed by atoms with Crippen molar-refractivity contribution >= 4 is 43.5 Å². The van der Waals surface area contributed by atoms with Gasteiger partial charge in [-0.15, -0.1) is 0 Å². The predicted molar refractivity (Wildman–Crippen MR) is 161 cm³/mol. The minimum Gasteiger partial charge on any atom is -0.336 e. The highest BCUT2D eigenvalue weighted by Crippen LogP contribution is 2.33. The molecular weight excluding hydrogens is 573 g/mol. The van der Waals surface area contributed by atoms with E-state index >= 15 is 0 Å². The number of carbonyl (C=O) groups excluding carboxylic acids is 1. The van der Waals surface area contributed by atoms with Gasteiger partial charge in [-0.05, 0) is 48.4 Å². The molecule has 0 fully saturated rings. The van der Waals surface area contributed by atoms with Crippen molar-refractivity contribution < 1.29 is 17.6 Å². The second-order valence-electron chi connectivity index (χ2n) is 10.1.